The van der Waals surface area contributed by atoms with Crippen molar-refractivity contribution in [3.63, 3.8) is 0 Å². The Morgan fingerprint density at radius 1 is 1.13 bits per heavy atom. The molecule has 1 aromatic carbocycles. The van der Waals surface area contributed by atoms with Crippen molar-refractivity contribution in [2.24, 2.45) is 0 Å². The van der Waals surface area contributed by atoms with E-state index in [4.69, 9.17) is 4.74 Å². The number of aromatic amines is 1. The molecule has 0 saturated carbocycles. The Morgan fingerprint density at radius 3 is 2.48 bits per heavy atom. The van der Waals surface area contributed by atoms with Crippen molar-refractivity contribution in [1.82, 2.24) is 9.88 Å². The Labute approximate surface area is 137 Å². The van der Waals surface area contributed by atoms with Gasteiger partial charge in [-0.25, -0.2) is 0 Å². The van der Waals surface area contributed by atoms with Crippen LogP contribution in [0.5, 0.6) is 0 Å². The third kappa shape index (κ3) is 3.48. The second-order valence-electron chi connectivity index (χ2n) is 6.15. The van der Waals surface area contributed by atoms with Crippen LogP contribution in [0.1, 0.15) is 48.3 Å². The molecule has 1 unspecified atom stereocenters. The van der Waals surface area contributed by atoms with Crippen molar-refractivity contribution in [3.05, 3.63) is 47.8 Å². The van der Waals surface area contributed by atoms with E-state index in [0.29, 0.717) is 5.69 Å². The Balaban J connectivity index is 1.74. The zero-order chi connectivity index (χ0) is 16.2. The summed E-state index contributed by atoms with van der Waals surface area (Å²) < 4.78 is 5.33. The molecule has 1 aliphatic heterocycles. The summed E-state index contributed by atoms with van der Waals surface area (Å²) in [7, 11) is 1.71. The highest BCUT2D eigenvalue weighted by atomic mass is 16.5. The molecule has 4 heteroatoms. The minimum Gasteiger partial charge on any atom is -0.377 e. The minimum atomic E-state index is 0.0894. The Morgan fingerprint density at radius 2 is 1.83 bits per heavy atom. The van der Waals surface area contributed by atoms with Gasteiger partial charge in [-0.1, -0.05) is 24.3 Å². The van der Waals surface area contributed by atoms with Crippen LogP contribution >= 0.6 is 0 Å². The summed E-state index contributed by atoms with van der Waals surface area (Å²) in [4.78, 5) is 17.6. The molecular formula is C19H24N2O2. The van der Waals surface area contributed by atoms with Crippen LogP contribution in [-0.4, -0.2) is 36.0 Å². The SMILES string of the molecule is COC(C)c1ccc(-c2c[nH]c(C(=O)N3CCCCC3)c2)cc1. The van der Waals surface area contributed by atoms with Crippen LogP contribution in [0.2, 0.25) is 0 Å². The van der Waals surface area contributed by atoms with Crippen molar-refractivity contribution < 1.29 is 9.53 Å². The number of H-pyrrole nitrogens is 1. The quantitative estimate of drug-likeness (QED) is 0.927. The van der Waals surface area contributed by atoms with E-state index in [1.807, 2.05) is 24.1 Å². The molecule has 3 rings (SSSR count). The highest BCUT2D eigenvalue weighted by molar-refractivity contribution is 5.94. The average Bonchev–Trinajstić information content (AvgIpc) is 3.11. The number of aromatic nitrogens is 1. The van der Waals surface area contributed by atoms with Crippen LogP contribution in [-0.2, 0) is 4.74 Å². The van der Waals surface area contributed by atoms with Gasteiger partial charge >= 0.3 is 0 Å². The largest absolute Gasteiger partial charge is 0.377 e. The zero-order valence-corrected chi connectivity index (χ0v) is 13.8. The second-order valence-corrected chi connectivity index (χ2v) is 6.15. The van der Waals surface area contributed by atoms with Crippen molar-refractivity contribution in [3.8, 4) is 11.1 Å². The van der Waals surface area contributed by atoms with Crippen LogP contribution in [0.25, 0.3) is 11.1 Å². The molecule has 23 heavy (non-hydrogen) atoms. The summed E-state index contributed by atoms with van der Waals surface area (Å²) in [5.74, 6) is 0.112. The molecule has 0 spiro atoms. The van der Waals surface area contributed by atoms with Gasteiger partial charge in [0, 0.05) is 26.4 Å². The monoisotopic (exact) mass is 312 g/mol. The number of piperidine rings is 1. The highest BCUT2D eigenvalue weighted by Gasteiger charge is 2.19. The smallest absolute Gasteiger partial charge is 0.270 e. The van der Waals surface area contributed by atoms with Gasteiger partial charge in [0.25, 0.3) is 5.91 Å². The number of hydrogen-bond acceptors (Lipinski definition) is 2. The second kappa shape index (κ2) is 7.01. The summed E-state index contributed by atoms with van der Waals surface area (Å²) in [5, 5.41) is 0. The molecular weight excluding hydrogens is 288 g/mol. The van der Waals surface area contributed by atoms with Gasteiger partial charge in [-0.3, -0.25) is 4.79 Å². The fourth-order valence-corrected chi connectivity index (χ4v) is 3.03. The molecule has 2 aromatic rings. The van der Waals surface area contributed by atoms with Crippen molar-refractivity contribution in [2.45, 2.75) is 32.3 Å². The van der Waals surface area contributed by atoms with Gasteiger partial charge in [-0.15, -0.1) is 0 Å². The maximum atomic E-state index is 12.5. The molecule has 1 fully saturated rings. The lowest BCUT2D eigenvalue weighted by molar-refractivity contribution is 0.0719. The summed E-state index contributed by atoms with van der Waals surface area (Å²) in [6.07, 6.45) is 5.45. The van der Waals surface area contributed by atoms with E-state index in [9.17, 15) is 4.79 Å². The van der Waals surface area contributed by atoms with Gasteiger partial charge in [0.1, 0.15) is 5.69 Å². The standard InChI is InChI=1S/C19H24N2O2/c1-14(23-2)15-6-8-16(9-7-15)17-12-18(20-13-17)19(22)21-10-4-3-5-11-21/h6-9,12-14,20H,3-5,10-11H2,1-2H3. The van der Waals surface area contributed by atoms with Crippen LogP contribution in [0, 0.1) is 0 Å². The van der Waals surface area contributed by atoms with Crippen molar-refractivity contribution >= 4 is 5.91 Å². The summed E-state index contributed by atoms with van der Waals surface area (Å²) in [5.41, 5.74) is 3.97. The van der Waals surface area contributed by atoms with Gasteiger partial charge in [0.05, 0.1) is 6.10 Å². The number of nitrogens with one attached hydrogen (secondary N) is 1. The van der Waals surface area contributed by atoms with Crippen LogP contribution in [0.4, 0.5) is 0 Å². The predicted molar refractivity (Wildman–Crippen MR) is 91.4 cm³/mol. The lowest BCUT2D eigenvalue weighted by Crippen LogP contribution is -2.35. The summed E-state index contributed by atoms with van der Waals surface area (Å²) in [6, 6.07) is 10.2. The normalized spacial score (nSPS) is 16.3. The minimum absolute atomic E-state index is 0.0894. The Bertz CT molecular complexity index is 654. The molecule has 2 heterocycles. The molecule has 4 nitrogen and oxygen atoms in total. The first-order valence-electron chi connectivity index (χ1n) is 8.30. The number of carbonyl (C=O) groups excluding carboxylic acids is 1. The number of ether oxygens (including phenoxy) is 1. The first-order valence-corrected chi connectivity index (χ1v) is 8.30. The number of hydrogen-bond donors (Lipinski definition) is 1. The molecule has 1 atom stereocenters. The van der Waals surface area contributed by atoms with E-state index in [1.165, 1.54) is 6.42 Å². The number of nitrogens with zero attached hydrogens (tertiary/aromatic N) is 1. The third-order valence-corrected chi connectivity index (χ3v) is 4.62. The number of carbonyl (C=O) groups is 1. The van der Waals surface area contributed by atoms with Gasteiger partial charge in [0.15, 0.2) is 0 Å². The molecule has 1 amide bonds. The van der Waals surface area contributed by atoms with E-state index in [0.717, 1.165) is 42.6 Å². The highest BCUT2D eigenvalue weighted by Crippen LogP contribution is 2.24. The maximum Gasteiger partial charge on any atom is 0.270 e. The number of amides is 1. The van der Waals surface area contributed by atoms with Crippen LogP contribution in [0.3, 0.4) is 0 Å². The molecule has 1 saturated heterocycles. The lowest BCUT2D eigenvalue weighted by Gasteiger charge is -2.26. The molecule has 122 valence electrons. The fraction of sp³-hybridized carbons (Fsp3) is 0.421. The van der Waals surface area contributed by atoms with E-state index >= 15 is 0 Å². The van der Waals surface area contributed by atoms with Crippen LogP contribution in [0.15, 0.2) is 36.5 Å². The van der Waals surface area contributed by atoms with Gasteiger partial charge in [0.2, 0.25) is 0 Å². The van der Waals surface area contributed by atoms with Crippen LogP contribution < -0.4 is 0 Å². The van der Waals surface area contributed by atoms with E-state index in [1.54, 1.807) is 7.11 Å². The molecule has 1 aromatic heterocycles. The zero-order valence-electron chi connectivity index (χ0n) is 13.8. The molecule has 1 N–H and O–H groups in total. The van der Waals surface area contributed by atoms with E-state index in [2.05, 4.69) is 29.2 Å². The average molecular weight is 312 g/mol. The number of likely N-dealkylation sites (tertiary alicyclic amines) is 1. The fourth-order valence-electron chi connectivity index (χ4n) is 3.03. The van der Waals surface area contributed by atoms with E-state index in [-0.39, 0.29) is 12.0 Å². The lowest BCUT2D eigenvalue weighted by atomic mass is 10.0. The molecule has 0 aliphatic carbocycles. The number of rotatable bonds is 4. The van der Waals surface area contributed by atoms with Gasteiger partial charge in [-0.2, -0.15) is 0 Å². The molecule has 0 radical (unpaired) electrons. The Kier molecular flexibility index (Phi) is 4.82. The van der Waals surface area contributed by atoms with Gasteiger partial charge in [-0.05, 0) is 48.9 Å². The van der Waals surface area contributed by atoms with Gasteiger partial charge < -0.3 is 14.6 Å². The van der Waals surface area contributed by atoms with E-state index < -0.39 is 0 Å². The Hall–Kier alpha value is -2.07. The predicted octanol–water partition coefficient (Wildman–Crippen LogP) is 4.02. The third-order valence-electron chi connectivity index (χ3n) is 4.62. The topological polar surface area (TPSA) is 45.3 Å². The molecule has 0 bridgehead atoms. The van der Waals surface area contributed by atoms with Crippen molar-refractivity contribution in [2.75, 3.05) is 20.2 Å². The maximum absolute atomic E-state index is 12.5. The number of methoxy groups -OCH3 is 1. The van der Waals surface area contributed by atoms with Crippen molar-refractivity contribution in [1.29, 1.82) is 0 Å². The molecule has 1 aliphatic rings. The number of benzene rings is 1. The first-order chi connectivity index (χ1) is 11.2. The summed E-state index contributed by atoms with van der Waals surface area (Å²) in [6.45, 7) is 3.77. The first kappa shape index (κ1) is 15.8. The summed E-state index contributed by atoms with van der Waals surface area (Å²) >= 11 is 0.